The molecule has 14 heavy (non-hydrogen) atoms. The average Bonchev–Trinajstić information content (AvgIpc) is 2.17. The van der Waals surface area contributed by atoms with Crippen molar-refractivity contribution in [1.82, 2.24) is 5.32 Å². The number of nitrogens with one attached hydrogen (secondary N) is 1. The number of allylic oxidation sites excluding steroid dienone is 4. The van der Waals surface area contributed by atoms with Crippen molar-refractivity contribution in [2.24, 2.45) is 0 Å². The van der Waals surface area contributed by atoms with Crippen molar-refractivity contribution < 1.29 is 4.39 Å². The summed E-state index contributed by atoms with van der Waals surface area (Å²) in [6, 6.07) is 0.538. The van der Waals surface area contributed by atoms with Crippen LogP contribution in [0, 0.1) is 0 Å². The van der Waals surface area contributed by atoms with E-state index in [0.29, 0.717) is 12.5 Å². The fourth-order valence-electron chi connectivity index (χ4n) is 1.11. The van der Waals surface area contributed by atoms with Crippen LogP contribution in [0.4, 0.5) is 4.39 Å². The molecule has 0 radical (unpaired) electrons. The highest BCUT2D eigenvalue weighted by Gasteiger charge is 1.94. The van der Waals surface area contributed by atoms with Gasteiger partial charge in [-0.15, -0.1) is 0 Å². The lowest BCUT2D eigenvalue weighted by Crippen LogP contribution is -2.20. The fourth-order valence-corrected chi connectivity index (χ4v) is 1.11. The van der Waals surface area contributed by atoms with Crippen LogP contribution in [0.2, 0.25) is 0 Å². The number of halogens is 1. The molecule has 1 nitrogen and oxygen atoms in total. The van der Waals surface area contributed by atoms with Crippen LogP contribution in [0.5, 0.6) is 0 Å². The summed E-state index contributed by atoms with van der Waals surface area (Å²) in [6.45, 7) is 4.09. The van der Waals surface area contributed by atoms with Crippen LogP contribution < -0.4 is 5.32 Å². The molecule has 0 spiro atoms. The van der Waals surface area contributed by atoms with Crippen molar-refractivity contribution in [2.45, 2.75) is 45.6 Å². The highest BCUT2D eigenvalue weighted by Crippen LogP contribution is 2.06. The van der Waals surface area contributed by atoms with Gasteiger partial charge in [-0.25, -0.2) is 4.39 Å². The first-order valence-electron chi connectivity index (χ1n) is 5.37. The van der Waals surface area contributed by atoms with Crippen molar-refractivity contribution in [3.8, 4) is 0 Å². The van der Waals surface area contributed by atoms with Crippen molar-refractivity contribution >= 4 is 0 Å². The molecule has 0 saturated heterocycles. The van der Waals surface area contributed by atoms with Gasteiger partial charge >= 0.3 is 0 Å². The van der Waals surface area contributed by atoms with Crippen LogP contribution in [0.15, 0.2) is 24.1 Å². The molecular weight excluding hydrogens is 177 g/mol. The third-order valence-electron chi connectivity index (χ3n) is 2.16. The van der Waals surface area contributed by atoms with E-state index in [4.69, 9.17) is 0 Å². The summed E-state index contributed by atoms with van der Waals surface area (Å²) in [7, 11) is 1.96. The molecule has 82 valence electrons. The van der Waals surface area contributed by atoms with E-state index >= 15 is 0 Å². The Balaban J connectivity index is 3.49. The van der Waals surface area contributed by atoms with Crippen LogP contribution in [-0.2, 0) is 0 Å². The molecule has 0 aromatic carbocycles. The minimum atomic E-state index is -0.0228. The summed E-state index contributed by atoms with van der Waals surface area (Å²) in [5, 5.41) is 3.17. The maximum absolute atomic E-state index is 12.9. The molecular formula is C12H22FN. The quantitative estimate of drug-likeness (QED) is 0.618. The Morgan fingerprint density at radius 2 is 2.14 bits per heavy atom. The van der Waals surface area contributed by atoms with Crippen molar-refractivity contribution in [3.63, 3.8) is 0 Å². The molecule has 2 heteroatoms. The normalized spacial score (nSPS) is 15.0. The van der Waals surface area contributed by atoms with Gasteiger partial charge in [-0.3, -0.25) is 0 Å². The predicted octanol–water partition coefficient (Wildman–Crippen LogP) is 3.58. The van der Waals surface area contributed by atoms with E-state index in [1.807, 2.05) is 20.0 Å². The topological polar surface area (TPSA) is 12.0 Å². The van der Waals surface area contributed by atoms with Gasteiger partial charge in [0.25, 0.3) is 0 Å². The van der Waals surface area contributed by atoms with Crippen LogP contribution in [0.1, 0.15) is 39.5 Å². The van der Waals surface area contributed by atoms with Crippen LogP contribution >= 0.6 is 0 Å². The molecule has 0 rings (SSSR count). The number of rotatable bonds is 7. The second-order valence-corrected chi connectivity index (χ2v) is 3.50. The lowest BCUT2D eigenvalue weighted by Gasteiger charge is -2.06. The highest BCUT2D eigenvalue weighted by molar-refractivity contribution is 4.99. The Labute approximate surface area is 87.1 Å². The van der Waals surface area contributed by atoms with Crippen LogP contribution in [0.25, 0.3) is 0 Å². The summed E-state index contributed by atoms with van der Waals surface area (Å²) in [6.07, 6.45) is 8.92. The van der Waals surface area contributed by atoms with Crippen molar-refractivity contribution in [1.29, 1.82) is 0 Å². The Kier molecular flexibility index (Phi) is 8.54. The predicted molar refractivity (Wildman–Crippen MR) is 61.0 cm³/mol. The van der Waals surface area contributed by atoms with E-state index < -0.39 is 0 Å². The highest BCUT2D eigenvalue weighted by atomic mass is 19.1. The molecule has 0 fully saturated rings. The molecule has 1 N–H and O–H groups in total. The zero-order valence-electron chi connectivity index (χ0n) is 9.52. The summed E-state index contributed by atoms with van der Waals surface area (Å²) in [4.78, 5) is 0. The third-order valence-corrected chi connectivity index (χ3v) is 2.16. The summed E-state index contributed by atoms with van der Waals surface area (Å²) < 4.78 is 12.9. The molecule has 0 amide bonds. The molecule has 0 aliphatic carbocycles. The minimum absolute atomic E-state index is 0.0228. The van der Waals surface area contributed by atoms with Gasteiger partial charge in [0.1, 0.15) is 0 Å². The Hall–Kier alpha value is -0.630. The Morgan fingerprint density at radius 1 is 1.43 bits per heavy atom. The first kappa shape index (κ1) is 13.4. The molecule has 0 heterocycles. The Bertz CT molecular complexity index is 185. The van der Waals surface area contributed by atoms with E-state index in [0.717, 1.165) is 19.3 Å². The molecule has 0 saturated carbocycles. The van der Waals surface area contributed by atoms with Gasteiger partial charge in [0.15, 0.2) is 0 Å². The fraction of sp³-hybridized carbons (Fsp3) is 0.667. The molecule has 0 aromatic rings. The SMILES string of the molecule is CC/C=C(/F)C/C=C\CCC(C)NC. The van der Waals surface area contributed by atoms with Gasteiger partial charge in [-0.1, -0.05) is 25.2 Å². The first-order valence-corrected chi connectivity index (χ1v) is 5.37. The zero-order chi connectivity index (χ0) is 10.8. The van der Waals surface area contributed by atoms with Gasteiger partial charge in [0.2, 0.25) is 0 Å². The molecule has 0 aliphatic heterocycles. The van der Waals surface area contributed by atoms with Gasteiger partial charge in [-0.2, -0.15) is 0 Å². The maximum atomic E-state index is 12.9. The molecule has 1 atom stereocenters. The van der Waals surface area contributed by atoms with Crippen LogP contribution in [-0.4, -0.2) is 13.1 Å². The van der Waals surface area contributed by atoms with E-state index in [1.54, 1.807) is 6.08 Å². The second kappa shape index (κ2) is 8.95. The number of hydrogen-bond acceptors (Lipinski definition) is 1. The molecule has 1 unspecified atom stereocenters. The summed E-state index contributed by atoms with van der Waals surface area (Å²) >= 11 is 0. The van der Waals surface area contributed by atoms with Gasteiger partial charge in [0.05, 0.1) is 5.83 Å². The van der Waals surface area contributed by atoms with E-state index in [2.05, 4.69) is 18.3 Å². The van der Waals surface area contributed by atoms with Crippen molar-refractivity contribution in [3.05, 3.63) is 24.1 Å². The standard InChI is InChI=1S/C12H22FN/c1-4-8-12(13)10-7-5-6-9-11(2)14-3/h5,7-8,11,14H,4,6,9-10H2,1-3H3/b7-5-,12-8+. The molecule has 0 aliphatic rings. The Morgan fingerprint density at radius 3 is 2.71 bits per heavy atom. The minimum Gasteiger partial charge on any atom is -0.317 e. The lowest BCUT2D eigenvalue weighted by molar-refractivity contribution is 0.569. The van der Waals surface area contributed by atoms with E-state index in [-0.39, 0.29) is 5.83 Å². The summed E-state index contributed by atoms with van der Waals surface area (Å²) in [5.41, 5.74) is 0. The maximum Gasteiger partial charge on any atom is 0.0997 e. The summed E-state index contributed by atoms with van der Waals surface area (Å²) in [5.74, 6) is -0.0228. The van der Waals surface area contributed by atoms with E-state index in [1.165, 1.54) is 0 Å². The lowest BCUT2D eigenvalue weighted by atomic mass is 10.1. The van der Waals surface area contributed by atoms with Crippen molar-refractivity contribution in [2.75, 3.05) is 7.05 Å². The third kappa shape index (κ3) is 7.99. The number of hydrogen-bond donors (Lipinski definition) is 1. The van der Waals surface area contributed by atoms with Gasteiger partial charge in [-0.05, 0) is 33.2 Å². The van der Waals surface area contributed by atoms with Gasteiger partial charge < -0.3 is 5.32 Å². The largest absolute Gasteiger partial charge is 0.317 e. The average molecular weight is 199 g/mol. The monoisotopic (exact) mass is 199 g/mol. The smallest absolute Gasteiger partial charge is 0.0997 e. The first-order chi connectivity index (χ1) is 6.70. The molecule has 0 bridgehead atoms. The molecule has 0 aromatic heterocycles. The van der Waals surface area contributed by atoms with Crippen LogP contribution in [0.3, 0.4) is 0 Å². The van der Waals surface area contributed by atoms with E-state index in [9.17, 15) is 4.39 Å². The van der Waals surface area contributed by atoms with Gasteiger partial charge in [0, 0.05) is 12.5 Å². The zero-order valence-corrected chi connectivity index (χ0v) is 9.52. The second-order valence-electron chi connectivity index (χ2n) is 3.50.